The van der Waals surface area contributed by atoms with Crippen molar-refractivity contribution in [1.82, 2.24) is 24.5 Å². The number of halogens is 3. The quantitative estimate of drug-likeness (QED) is 0.683. The molecule has 5 rings (SSSR count). The molecule has 1 amide bonds. The molecule has 1 aromatic carbocycles. The van der Waals surface area contributed by atoms with E-state index in [-0.39, 0.29) is 5.69 Å². The molecular weight excluding hydrogens is 477 g/mol. The number of piperazine rings is 2. The molecule has 3 aliphatic heterocycles. The van der Waals surface area contributed by atoms with E-state index >= 15 is 0 Å². The van der Waals surface area contributed by atoms with E-state index in [1.165, 1.54) is 18.3 Å². The Labute approximate surface area is 206 Å². The SMILES string of the molecule is O=C(O)c1ccn(C(=O)N2CCN(Cc3ccc(C(F)(F)F)cc3N3CCN4CCC[C@@H]4C3)CC2)n1. The first-order chi connectivity index (χ1) is 17.2. The molecule has 4 heterocycles. The summed E-state index contributed by atoms with van der Waals surface area (Å²) in [7, 11) is 0. The zero-order valence-corrected chi connectivity index (χ0v) is 19.8. The van der Waals surface area contributed by atoms with Crippen LogP contribution in [-0.4, -0.2) is 100.0 Å². The lowest BCUT2D eigenvalue weighted by molar-refractivity contribution is -0.137. The summed E-state index contributed by atoms with van der Waals surface area (Å²) in [6.07, 6.45) is -0.865. The Morgan fingerprint density at radius 2 is 1.81 bits per heavy atom. The van der Waals surface area contributed by atoms with Crippen molar-refractivity contribution in [1.29, 1.82) is 0 Å². The third kappa shape index (κ3) is 5.05. The van der Waals surface area contributed by atoms with Gasteiger partial charge in [-0.15, -0.1) is 0 Å². The molecule has 194 valence electrons. The number of aromatic nitrogens is 2. The second kappa shape index (κ2) is 9.74. The number of nitrogens with zero attached hydrogens (tertiary/aromatic N) is 6. The van der Waals surface area contributed by atoms with Crippen LogP contribution in [0.5, 0.6) is 0 Å². The summed E-state index contributed by atoms with van der Waals surface area (Å²) < 4.78 is 41.6. The van der Waals surface area contributed by atoms with E-state index < -0.39 is 23.7 Å². The summed E-state index contributed by atoms with van der Waals surface area (Å²) in [5.74, 6) is -1.20. The molecule has 0 unspecified atom stereocenters. The van der Waals surface area contributed by atoms with Crippen molar-refractivity contribution >= 4 is 17.7 Å². The summed E-state index contributed by atoms with van der Waals surface area (Å²) >= 11 is 0. The van der Waals surface area contributed by atoms with Crippen molar-refractivity contribution in [3.8, 4) is 0 Å². The number of carbonyl (C=O) groups excluding carboxylic acids is 1. The van der Waals surface area contributed by atoms with Gasteiger partial charge in [-0.3, -0.25) is 9.80 Å². The van der Waals surface area contributed by atoms with Crippen LogP contribution >= 0.6 is 0 Å². The number of carboxylic acid groups (broad SMARTS) is 1. The number of benzene rings is 1. The van der Waals surface area contributed by atoms with Crippen LogP contribution in [-0.2, 0) is 12.7 Å². The molecular formula is C24H29F3N6O3. The fourth-order valence-corrected chi connectivity index (χ4v) is 5.41. The number of carbonyl (C=O) groups is 2. The monoisotopic (exact) mass is 506 g/mol. The number of hydrogen-bond donors (Lipinski definition) is 1. The highest BCUT2D eigenvalue weighted by Crippen LogP contribution is 2.35. The molecule has 0 radical (unpaired) electrons. The molecule has 1 N–H and O–H groups in total. The molecule has 36 heavy (non-hydrogen) atoms. The van der Waals surface area contributed by atoms with Gasteiger partial charge in [0.15, 0.2) is 5.69 Å². The average Bonchev–Trinajstić information content (AvgIpc) is 3.53. The van der Waals surface area contributed by atoms with Gasteiger partial charge in [0.2, 0.25) is 0 Å². The minimum atomic E-state index is -4.40. The van der Waals surface area contributed by atoms with E-state index in [1.807, 2.05) is 0 Å². The van der Waals surface area contributed by atoms with Gasteiger partial charge >= 0.3 is 18.2 Å². The molecule has 0 spiro atoms. The molecule has 0 bridgehead atoms. The Hall–Kier alpha value is -3.12. The van der Waals surface area contributed by atoms with E-state index in [0.717, 1.165) is 48.8 Å². The maximum absolute atomic E-state index is 13.5. The maximum Gasteiger partial charge on any atom is 0.416 e. The Kier molecular flexibility index (Phi) is 6.64. The molecule has 2 aromatic rings. The minimum absolute atomic E-state index is 0.199. The van der Waals surface area contributed by atoms with Gasteiger partial charge in [0.05, 0.1) is 5.56 Å². The van der Waals surface area contributed by atoms with Gasteiger partial charge in [-0.1, -0.05) is 6.07 Å². The Morgan fingerprint density at radius 1 is 1.03 bits per heavy atom. The van der Waals surface area contributed by atoms with Crippen LogP contribution in [0.25, 0.3) is 0 Å². The summed E-state index contributed by atoms with van der Waals surface area (Å²) in [6.45, 7) is 5.78. The van der Waals surface area contributed by atoms with Crippen LogP contribution in [0.3, 0.4) is 0 Å². The van der Waals surface area contributed by atoms with Crippen molar-refractivity contribution in [3.63, 3.8) is 0 Å². The Balaban J connectivity index is 1.27. The molecule has 0 saturated carbocycles. The smallest absolute Gasteiger partial charge is 0.416 e. The number of fused-ring (bicyclic) bond motifs is 1. The van der Waals surface area contributed by atoms with Gasteiger partial charge in [-0.25, -0.2) is 9.59 Å². The minimum Gasteiger partial charge on any atom is -0.476 e. The standard InChI is InChI=1S/C24H29F3N6O3/c25-24(26,27)18-4-3-17(21(14-18)32-13-12-30-6-1-2-19(30)16-32)15-29-8-10-31(11-9-29)23(36)33-7-5-20(28-33)22(34)35/h3-5,7,14,19H,1-2,6,8-13,15-16H2,(H,34,35)/t19-/m1/s1. The highest BCUT2D eigenvalue weighted by molar-refractivity contribution is 5.86. The zero-order chi connectivity index (χ0) is 25.4. The first kappa shape index (κ1) is 24.6. The van der Waals surface area contributed by atoms with Crippen molar-refractivity contribution in [3.05, 3.63) is 47.3 Å². The molecule has 1 atom stereocenters. The first-order valence-electron chi connectivity index (χ1n) is 12.2. The molecule has 9 nitrogen and oxygen atoms in total. The lowest BCUT2D eigenvalue weighted by atomic mass is 10.0. The summed E-state index contributed by atoms with van der Waals surface area (Å²) in [5, 5.41) is 12.8. The van der Waals surface area contributed by atoms with Crippen LogP contribution in [0.2, 0.25) is 0 Å². The second-order valence-electron chi connectivity index (χ2n) is 9.62. The predicted octanol–water partition coefficient (Wildman–Crippen LogP) is 2.67. The zero-order valence-electron chi connectivity index (χ0n) is 19.8. The fourth-order valence-electron chi connectivity index (χ4n) is 5.41. The molecule has 3 aliphatic rings. The third-order valence-electron chi connectivity index (χ3n) is 7.38. The van der Waals surface area contributed by atoms with Crippen molar-refractivity contribution in [2.75, 3.05) is 57.3 Å². The lowest BCUT2D eigenvalue weighted by Gasteiger charge is -2.40. The number of anilines is 1. The van der Waals surface area contributed by atoms with E-state index in [2.05, 4.69) is 19.8 Å². The number of alkyl halides is 3. The highest BCUT2D eigenvalue weighted by atomic mass is 19.4. The fraction of sp³-hybridized carbons (Fsp3) is 0.542. The third-order valence-corrected chi connectivity index (χ3v) is 7.38. The van der Waals surface area contributed by atoms with Gasteiger partial charge < -0.3 is 14.9 Å². The maximum atomic E-state index is 13.5. The topological polar surface area (TPSA) is 85.1 Å². The highest BCUT2D eigenvalue weighted by Gasteiger charge is 2.35. The molecule has 3 saturated heterocycles. The van der Waals surface area contributed by atoms with Gasteiger partial charge in [0, 0.05) is 70.3 Å². The largest absolute Gasteiger partial charge is 0.476 e. The van der Waals surface area contributed by atoms with Gasteiger partial charge in [-0.05, 0) is 43.1 Å². The molecule has 3 fully saturated rings. The van der Waals surface area contributed by atoms with Crippen LogP contribution in [0.1, 0.15) is 34.5 Å². The second-order valence-corrected chi connectivity index (χ2v) is 9.62. The van der Waals surface area contributed by atoms with Gasteiger partial charge in [0.25, 0.3) is 0 Å². The predicted molar refractivity (Wildman–Crippen MR) is 125 cm³/mol. The number of aromatic carboxylic acids is 1. The molecule has 1 aromatic heterocycles. The van der Waals surface area contributed by atoms with Crippen LogP contribution < -0.4 is 4.90 Å². The summed E-state index contributed by atoms with van der Waals surface area (Å²) in [5.41, 5.74) is 0.667. The summed E-state index contributed by atoms with van der Waals surface area (Å²) in [4.78, 5) is 32.0. The van der Waals surface area contributed by atoms with Crippen LogP contribution in [0, 0.1) is 0 Å². The van der Waals surface area contributed by atoms with E-state index in [9.17, 15) is 22.8 Å². The number of hydrogen-bond acceptors (Lipinski definition) is 6. The molecule has 12 heteroatoms. The van der Waals surface area contributed by atoms with Gasteiger partial charge in [-0.2, -0.15) is 23.0 Å². The van der Waals surface area contributed by atoms with Crippen LogP contribution in [0.15, 0.2) is 30.5 Å². The Morgan fingerprint density at radius 3 is 2.50 bits per heavy atom. The number of rotatable bonds is 4. The molecule has 0 aliphatic carbocycles. The van der Waals surface area contributed by atoms with Gasteiger partial charge in [0.1, 0.15) is 0 Å². The van der Waals surface area contributed by atoms with E-state index in [1.54, 1.807) is 11.0 Å². The summed E-state index contributed by atoms with van der Waals surface area (Å²) in [6, 6.07) is 5.30. The van der Waals surface area contributed by atoms with E-state index in [4.69, 9.17) is 5.11 Å². The number of amides is 1. The van der Waals surface area contributed by atoms with Crippen LogP contribution in [0.4, 0.5) is 23.7 Å². The normalized spacial score (nSPS) is 21.6. The van der Waals surface area contributed by atoms with E-state index in [0.29, 0.717) is 51.0 Å². The first-order valence-corrected chi connectivity index (χ1v) is 12.2. The van der Waals surface area contributed by atoms with Crippen molar-refractivity contribution < 1.29 is 27.9 Å². The number of carboxylic acids is 1. The van der Waals surface area contributed by atoms with Crippen molar-refractivity contribution in [2.24, 2.45) is 0 Å². The average molecular weight is 507 g/mol. The lowest BCUT2D eigenvalue weighted by Crippen LogP contribution is -2.51. The van der Waals surface area contributed by atoms with Crippen molar-refractivity contribution in [2.45, 2.75) is 31.6 Å². The Bertz CT molecular complexity index is 1130.